The molecule has 0 amide bonds. The third-order valence-corrected chi connectivity index (χ3v) is 2.81. The van der Waals surface area contributed by atoms with Gasteiger partial charge in [-0.05, 0) is 30.8 Å². The van der Waals surface area contributed by atoms with Crippen LogP contribution in [-0.4, -0.2) is 12.0 Å². The van der Waals surface area contributed by atoms with E-state index in [1.54, 1.807) is 0 Å². The van der Waals surface area contributed by atoms with Crippen LogP contribution in [0.1, 0.15) is 39.5 Å². The summed E-state index contributed by atoms with van der Waals surface area (Å²) in [6, 6.07) is 0. The van der Waals surface area contributed by atoms with Crippen molar-refractivity contribution in [2.45, 2.75) is 39.5 Å². The summed E-state index contributed by atoms with van der Waals surface area (Å²) in [6.45, 7) is 4.60. The molecule has 0 atom stereocenters. The molecule has 62 valence electrons. The van der Waals surface area contributed by atoms with Gasteiger partial charge in [-0.1, -0.05) is 26.7 Å². The molecule has 0 aliphatic heterocycles. The van der Waals surface area contributed by atoms with Crippen molar-refractivity contribution in [1.29, 1.82) is 0 Å². The third kappa shape index (κ3) is 5.16. The lowest BCUT2D eigenvalue weighted by atomic mass is 9.98. The fraction of sp³-hybridized carbons (Fsp3) is 1.00. The van der Waals surface area contributed by atoms with Crippen LogP contribution in [0.15, 0.2) is 0 Å². The summed E-state index contributed by atoms with van der Waals surface area (Å²) >= 11 is 1.96. The van der Waals surface area contributed by atoms with E-state index in [4.69, 9.17) is 0 Å². The Hall–Kier alpha value is 0.350. The van der Waals surface area contributed by atoms with Gasteiger partial charge in [0.15, 0.2) is 0 Å². The van der Waals surface area contributed by atoms with Gasteiger partial charge in [0.1, 0.15) is 0 Å². The Labute approximate surface area is 69.8 Å². The highest BCUT2D eigenvalue weighted by molar-refractivity contribution is 7.98. The summed E-state index contributed by atoms with van der Waals surface area (Å²) in [6.07, 6.45) is 7.77. The van der Waals surface area contributed by atoms with Crippen molar-refractivity contribution in [3.8, 4) is 0 Å². The van der Waals surface area contributed by atoms with E-state index in [1.165, 1.54) is 31.4 Å². The summed E-state index contributed by atoms with van der Waals surface area (Å²) in [4.78, 5) is 0. The molecule has 0 nitrogen and oxygen atoms in total. The zero-order valence-corrected chi connectivity index (χ0v) is 8.34. The quantitative estimate of drug-likeness (QED) is 0.535. The van der Waals surface area contributed by atoms with Gasteiger partial charge in [0.2, 0.25) is 0 Å². The van der Waals surface area contributed by atoms with Gasteiger partial charge in [-0.3, -0.25) is 0 Å². The molecule has 0 heterocycles. The van der Waals surface area contributed by atoms with E-state index in [1.807, 2.05) is 11.8 Å². The van der Waals surface area contributed by atoms with Crippen LogP contribution in [-0.2, 0) is 0 Å². The van der Waals surface area contributed by atoms with Gasteiger partial charge in [0.05, 0.1) is 0 Å². The van der Waals surface area contributed by atoms with Crippen LogP contribution in [0, 0.1) is 5.92 Å². The SMILES string of the molecule is CCC(CC)CCCSC. The topological polar surface area (TPSA) is 0 Å². The highest BCUT2D eigenvalue weighted by atomic mass is 32.2. The molecule has 0 fully saturated rings. The first-order valence-electron chi connectivity index (χ1n) is 4.34. The molecule has 0 N–H and O–H groups in total. The van der Waals surface area contributed by atoms with Gasteiger partial charge < -0.3 is 0 Å². The maximum atomic E-state index is 2.30. The van der Waals surface area contributed by atoms with Gasteiger partial charge in [-0.25, -0.2) is 0 Å². The molecule has 10 heavy (non-hydrogen) atoms. The maximum absolute atomic E-state index is 2.30. The monoisotopic (exact) mass is 160 g/mol. The van der Waals surface area contributed by atoms with Crippen molar-refractivity contribution < 1.29 is 0 Å². The highest BCUT2D eigenvalue weighted by Crippen LogP contribution is 2.15. The lowest BCUT2D eigenvalue weighted by Crippen LogP contribution is -1.96. The van der Waals surface area contributed by atoms with Crippen LogP contribution >= 0.6 is 11.8 Å². The lowest BCUT2D eigenvalue weighted by molar-refractivity contribution is 0.452. The second-order valence-corrected chi connectivity index (χ2v) is 3.80. The Kier molecular flexibility index (Phi) is 7.72. The second kappa shape index (κ2) is 7.46. The standard InChI is InChI=1S/C9H20S/c1-4-9(5-2)7-6-8-10-3/h9H,4-8H2,1-3H3. The fourth-order valence-corrected chi connectivity index (χ4v) is 1.67. The third-order valence-electron chi connectivity index (χ3n) is 2.12. The number of hydrogen-bond acceptors (Lipinski definition) is 1. The summed E-state index contributed by atoms with van der Waals surface area (Å²) in [5.74, 6) is 2.34. The minimum atomic E-state index is 0.993. The van der Waals surface area contributed by atoms with Gasteiger partial charge >= 0.3 is 0 Å². The van der Waals surface area contributed by atoms with Crippen LogP contribution < -0.4 is 0 Å². The van der Waals surface area contributed by atoms with Gasteiger partial charge in [-0.15, -0.1) is 0 Å². The summed E-state index contributed by atoms with van der Waals surface area (Å²) in [5.41, 5.74) is 0. The molecule has 0 aromatic heterocycles. The Morgan fingerprint density at radius 3 is 2.20 bits per heavy atom. The van der Waals surface area contributed by atoms with Crippen molar-refractivity contribution >= 4 is 11.8 Å². The molecule has 0 aromatic rings. The average Bonchev–Trinajstić information content (AvgIpc) is 1.99. The van der Waals surface area contributed by atoms with E-state index >= 15 is 0 Å². The van der Waals surface area contributed by atoms with Crippen molar-refractivity contribution in [3.63, 3.8) is 0 Å². The van der Waals surface area contributed by atoms with Crippen LogP contribution in [0.4, 0.5) is 0 Å². The predicted octanol–water partition coefficient (Wildman–Crippen LogP) is 3.57. The zero-order chi connectivity index (χ0) is 7.82. The smallest absolute Gasteiger partial charge is 0.00702 e. The molecule has 0 spiro atoms. The van der Waals surface area contributed by atoms with E-state index in [0.29, 0.717) is 0 Å². The van der Waals surface area contributed by atoms with Crippen molar-refractivity contribution in [2.75, 3.05) is 12.0 Å². The van der Waals surface area contributed by atoms with Gasteiger partial charge in [-0.2, -0.15) is 11.8 Å². The molecule has 0 aromatic carbocycles. The molecular weight excluding hydrogens is 140 g/mol. The fourth-order valence-electron chi connectivity index (χ4n) is 1.21. The van der Waals surface area contributed by atoms with Crippen LogP contribution in [0.5, 0.6) is 0 Å². The zero-order valence-electron chi connectivity index (χ0n) is 7.52. The largest absolute Gasteiger partial charge is 0.165 e. The van der Waals surface area contributed by atoms with Crippen LogP contribution in [0.25, 0.3) is 0 Å². The molecule has 0 saturated heterocycles. The Morgan fingerprint density at radius 1 is 1.20 bits per heavy atom. The Bertz CT molecular complexity index is 57.7. The number of thioether (sulfide) groups is 1. The molecule has 0 aliphatic carbocycles. The molecule has 0 rings (SSSR count). The van der Waals surface area contributed by atoms with E-state index in [0.717, 1.165) is 5.92 Å². The Morgan fingerprint density at radius 2 is 1.80 bits per heavy atom. The second-order valence-electron chi connectivity index (χ2n) is 2.82. The van der Waals surface area contributed by atoms with Gasteiger partial charge in [0.25, 0.3) is 0 Å². The van der Waals surface area contributed by atoms with E-state index in [2.05, 4.69) is 20.1 Å². The first kappa shape index (κ1) is 10.3. The number of rotatable bonds is 6. The van der Waals surface area contributed by atoms with Gasteiger partial charge in [0, 0.05) is 0 Å². The average molecular weight is 160 g/mol. The van der Waals surface area contributed by atoms with Crippen LogP contribution in [0.2, 0.25) is 0 Å². The molecule has 0 radical (unpaired) electrons. The first-order valence-corrected chi connectivity index (χ1v) is 5.73. The summed E-state index contributed by atoms with van der Waals surface area (Å²) < 4.78 is 0. The van der Waals surface area contributed by atoms with Crippen molar-refractivity contribution in [3.05, 3.63) is 0 Å². The highest BCUT2D eigenvalue weighted by Gasteiger charge is 2.01. The van der Waals surface area contributed by atoms with E-state index < -0.39 is 0 Å². The molecule has 0 saturated carbocycles. The Balaban J connectivity index is 3.09. The molecular formula is C9H20S. The summed E-state index contributed by atoms with van der Waals surface area (Å²) in [7, 11) is 0. The van der Waals surface area contributed by atoms with Crippen molar-refractivity contribution in [2.24, 2.45) is 5.92 Å². The molecule has 1 heteroatoms. The summed E-state index contributed by atoms with van der Waals surface area (Å²) in [5, 5.41) is 0. The van der Waals surface area contributed by atoms with Crippen molar-refractivity contribution in [1.82, 2.24) is 0 Å². The minimum Gasteiger partial charge on any atom is -0.165 e. The lowest BCUT2D eigenvalue weighted by Gasteiger charge is -2.10. The normalized spacial score (nSPS) is 10.8. The molecule has 0 bridgehead atoms. The van der Waals surface area contributed by atoms with E-state index in [9.17, 15) is 0 Å². The first-order chi connectivity index (χ1) is 4.85. The maximum Gasteiger partial charge on any atom is -0.00702 e. The van der Waals surface area contributed by atoms with Crippen LogP contribution in [0.3, 0.4) is 0 Å². The molecule has 0 unspecified atom stereocenters. The predicted molar refractivity (Wildman–Crippen MR) is 51.7 cm³/mol. The number of hydrogen-bond donors (Lipinski definition) is 0. The minimum absolute atomic E-state index is 0.993. The van der Waals surface area contributed by atoms with E-state index in [-0.39, 0.29) is 0 Å². The molecule has 0 aliphatic rings.